The predicted octanol–water partition coefficient (Wildman–Crippen LogP) is 7.07. The summed E-state index contributed by atoms with van der Waals surface area (Å²) in [6.07, 6.45) is 10.9. The van der Waals surface area contributed by atoms with E-state index in [9.17, 15) is 8.78 Å². The molecule has 6 heteroatoms. The second kappa shape index (κ2) is 11.9. The SMILES string of the molecule is C=CC(I)[C@@]1(C)CN(COCNCC2=CCCC=C2)C[C@H]1c1ccc(-c2c(F)cccc2F)cc1.[HH]. The summed E-state index contributed by atoms with van der Waals surface area (Å²) in [4.78, 5) is 2.34. The standard InChI is InChI=1S/C29H33F2IN2O.H2/c1-3-27(32)29(2)18-34(20-35-19-33-16-21-8-5-4-6-9-21)17-24(29)22-12-14-23(15-13-22)28-25(30)10-7-11-26(28)31;/h3,5,7-15,24,27,33H,1,4,6,16-20H2,2H3;1H/t24-,27?,29-;/m0./s1. The molecule has 4 rings (SSSR count). The van der Waals surface area contributed by atoms with Crippen LogP contribution in [0.15, 0.2) is 78.9 Å². The number of allylic oxidation sites excluding steroid dienone is 3. The molecule has 1 unspecified atom stereocenters. The van der Waals surface area contributed by atoms with Crippen LogP contribution in [-0.2, 0) is 4.74 Å². The van der Waals surface area contributed by atoms with Gasteiger partial charge in [-0.05, 0) is 41.7 Å². The molecule has 0 aromatic heterocycles. The van der Waals surface area contributed by atoms with E-state index in [1.165, 1.54) is 23.8 Å². The normalized spacial score (nSPS) is 23.3. The zero-order valence-corrected chi connectivity index (χ0v) is 22.3. The average molecular weight is 593 g/mol. The number of hydrogen-bond donors (Lipinski definition) is 1. The Morgan fingerprint density at radius 2 is 1.97 bits per heavy atom. The fourth-order valence-electron chi connectivity index (χ4n) is 5.15. The molecule has 2 aromatic carbocycles. The zero-order valence-electron chi connectivity index (χ0n) is 20.2. The van der Waals surface area contributed by atoms with Crippen molar-refractivity contribution in [3.05, 3.63) is 96.1 Å². The summed E-state index contributed by atoms with van der Waals surface area (Å²) in [5.41, 5.74) is 3.00. The molecule has 0 saturated carbocycles. The minimum Gasteiger partial charge on any atom is -0.351 e. The van der Waals surface area contributed by atoms with Crippen molar-refractivity contribution < 1.29 is 14.9 Å². The number of hydrogen-bond acceptors (Lipinski definition) is 3. The van der Waals surface area contributed by atoms with Gasteiger partial charge in [0.2, 0.25) is 0 Å². The second-order valence-electron chi connectivity index (χ2n) is 9.59. The second-order valence-corrected chi connectivity index (χ2v) is 10.9. The summed E-state index contributed by atoms with van der Waals surface area (Å²) < 4.78 is 34.7. The summed E-state index contributed by atoms with van der Waals surface area (Å²) in [5.74, 6) is -0.846. The Hall–Kier alpha value is -1.87. The summed E-state index contributed by atoms with van der Waals surface area (Å²) in [7, 11) is 0. The van der Waals surface area contributed by atoms with Crippen LogP contribution in [0.25, 0.3) is 11.1 Å². The van der Waals surface area contributed by atoms with Gasteiger partial charge in [-0.2, -0.15) is 0 Å². The van der Waals surface area contributed by atoms with Crippen molar-refractivity contribution in [1.82, 2.24) is 10.2 Å². The third kappa shape index (κ3) is 6.10. The maximum atomic E-state index is 14.3. The molecule has 2 aliphatic rings. The van der Waals surface area contributed by atoms with Gasteiger partial charge in [-0.3, -0.25) is 10.2 Å². The maximum Gasteiger partial charge on any atom is 0.133 e. The van der Waals surface area contributed by atoms with E-state index >= 15 is 0 Å². The lowest BCUT2D eigenvalue weighted by Gasteiger charge is -2.34. The van der Waals surface area contributed by atoms with Crippen molar-refractivity contribution in [3.8, 4) is 11.1 Å². The smallest absolute Gasteiger partial charge is 0.133 e. The fourth-order valence-corrected chi connectivity index (χ4v) is 5.78. The number of halogens is 3. The molecule has 1 heterocycles. The third-order valence-electron chi connectivity index (χ3n) is 7.08. The summed E-state index contributed by atoms with van der Waals surface area (Å²) >= 11 is 2.47. The Morgan fingerprint density at radius 3 is 2.63 bits per heavy atom. The van der Waals surface area contributed by atoms with Crippen LogP contribution in [0.5, 0.6) is 0 Å². The maximum absolute atomic E-state index is 14.3. The Labute approximate surface area is 222 Å². The lowest BCUT2D eigenvalue weighted by atomic mass is 9.73. The Bertz CT molecular complexity index is 1070. The molecule has 3 nitrogen and oxygen atoms in total. The van der Waals surface area contributed by atoms with Crippen molar-refractivity contribution >= 4 is 22.6 Å². The van der Waals surface area contributed by atoms with Gasteiger partial charge in [-0.1, -0.05) is 84.2 Å². The van der Waals surface area contributed by atoms with Crippen molar-refractivity contribution in [2.24, 2.45) is 5.41 Å². The minimum absolute atomic E-state index is 0. The number of nitrogens with one attached hydrogen (secondary N) is 1. The van der Waals surface area contributed by atoms with E-state index in [-0.39, 0.29) is 22.2 Å². The van der Waals surface area contributed by atoms with Crippen LogP contribution >= 0.6 is 22.6 Å². The molecule has 0 amide bonds. The van der Waals surface area contributed by atoms with Crippen LogP contribution in [-0.4, -0.2) is 41.9 Å². The highest BCUT2D eigenvalue weighted by molar-refractivity contribution is 14.1. The van der Waals surface area contributed by atoms with E-state index in [1.807, 2.05) is 30.3 Å². The predicted molar refractivity (Wildman–Crippen MR) is 150 cm³/mol. The molecule has 0 bridgehead atoms. The van der Waals surface area contributed by atoms with Gasteiger partial charge >= 0.3 is 0 Å². The van der Waals surface area contributed by atoms with Crippen molar-refractivity contribution in [3.63, 3.8) is 0 Å². The highest BCUT2D eigenvalue weighted by Crippen LogP contribution is 2.48. The fraction of sp³-hybridized carbons (Fsp3) is 0.379. The van der Waals surface area contributed by atoms with E-state index in [2.05, 4.69) is 64.5 Å². The molecule has 0 spiro atoms. The molecule has 2 aromatic rings. The molecule has 0 radical (unpaired) electrons. The van der Waals surface area contributed by atoms with E-state index < -0.39 is 11.6 Å². The molecule has 1 saturated heterocycles. The monoisotopic (exact) mass is 592 g/mol. The van der Waals surface area contributed by atoms with E-state index in [4.69, 9.17) is 4.74 Å². The topological polar surface area (TPSA) is 24.5 Å². The van der Waals surface area contributed by atoms with Crippen molar-refractivity contribution in [2.75, 3.05) is 33.1 Å². The molecular weight excluding hydrogens is 557 g/mol. The van der Waals surface area contributed by atoms with Crippen LogP contribution in [0, 0.1) is 17.0 Å². The summed E-state index contributed by atoms with van der Waals surface area (Å²) in [6, 6.07) is 11.6. The first kappa shape index (κ1) is 26.2. The molecule has 1 aliphatic heterocycles. The van der Waals surface area contributed by atoms with Gasteiger partial charge < -0.3 is 4.74 Å². The first-order valence-electron chi connectivity index (χ1n) is 12.1. The largest absolute Gasteiger partial charge is 0.351 e. The summed E-state index contributed by atoms with van der Waals surface area (Å²) in [5, 5.41) is 3.36. The first-order valence-corrected chi connectivity index (χ1v) is 13.3. The molecule has 3 atom stereocenters. The number of nitrogens with zero attached hydrogens (tertiary/aromatic N) is 1. The highest BCUT2D eigenvalue weighted by atomic mass is 127. The average Bonchev–Trinajstić information content (AvgIpc) is 3.21. The highest BCUT2D eigenvalue weighted by Gasteiger charge is 2.47. The van der Waals surface area contributed by atoms with Crippen LogP contribution in [0.4, 0.5) is 8.78 Å². The molecule has 1 fully saturated rings. The van der Waals surface area contributed by atoms with Crippen molar-refractivity contribution in [1.29, 1.82) is 0 Å². The molecule has 188 valence electrons. The zero-order chi connectivity index (χ0) is 24.8. The number of benzene rings is 2. The molecule has 1 aliphatic carbocycles. The lowest BCUT2D eigenvalue weighted by molar-refractivity contribution is 0.0277. The Kier molecular flexibility index (Phi) is 8.92. The van der Waals surface area contributed by atoms with Gasteiger partial charge in [-0.25, -0.2) is 8.78 Å². The van der Waals surface area contributed by atoms with Crippen LogP contribution in [0.1, 0.15) is 32.7 Å². The van der Waals surface area contributed by atoms with Crippen LogP contribution < -0.4 is 5.32 Å². The van der Waals surface area contributed by atoms with Gasteiger partial charge in [0.05, 0.1) is 12.3 Å². The quantitative estimate of drug-likeness (QED) is 0.105. The van der Waals surface area contributed by atoms with Gasteiger partial charge in [0.1, 0.15) is 18.4 Å². The molecule has 35 heavy (non-hydrogen) atoms. The number of alkyl halides is 1. The van der Waals surface area contributed by atoms with Gasteiger partial charge in [0, 0.05) is 36.3 Å². The summed E-state index contributed by atoms with van der Waals surface area (Å²) in [6.45, 7) is 9.94. The van der Waals surface area contributed by atoms with Gasteiger partial charge in [0.25, 0.3) is 0 Å². The van der Waals surface area contributed by atoms with Gasteiger partial charge in [0.15, 0.2) is 0 Å². The first-order chi connectivity index (χ1) is 16.9. The number of likely N-dealkylation sites (tertiary alicyclic amines) is 1. The van der Waals surface area contributed by atoms with Crippen LogP contribution in [0.2, 0.25) is 0 Å². The molecule has 1 N–H and O–H groups in total. The van der Waals surface area contributed by atoms with E-state index in [0.717, 1.165) is 38.0 Å². The van der Waals surface area contributed by atoms with Gasteiger partial charge in [-0.15, -0.1) is 6.58 Å². The number of ether oxygens (including phenoxy) is 1. The number of rotatable bonds is 10. The van der Waals surface area contributed by atoms with Crippen LogP contribution in [0.3, 0.4) is 0 Å². The Balaban J connectivity index is 0.00000361. The van der Waals surface area contributed by atoms with E-state index in [1.54, 1.807) is 0 Å². The third-order valence-corrected chi connectivity index (χ3v) is 9.01. The lowest BCUT2D eigenvalue weighted by Crippen LogP contribution is -2.35. The van der Waals surface area contributed by atoms with E-state index in [0.29, 0.717) is 19.0 Å². The van der Waals surface area contributed by atoms with Crippen molar-refractivity contribution in [2.45, 2.75) is 29.6 Å². The Morgan fingerprint density at radius 1 is 1.23 bits per heavy atom. The minimum atomic E-state index is -0.546. The molecular formula is C29H35F2IN2O.